The summed E-state index contributed by atoms with van der Waals surface area (Å²) >= 11 is 0. The predicted molar refractivity (Wildman–Crippen MR) is 60.6 cm³/mol. The second-order valence-corrected chi connectivity index (χ2v) is 4.63. The van der Waals surface area contributed by atoms with Gasteiger partial charge >= 0.3 is 0 Å². The maximum absolute atomic E-state index is 5.77. The van der Waals surface area contributed by atoms with Gasteiger partial charge in [-0.25, -0.2) is 0 Å². The minimum absolute atomic E-state index is 0.0376. The van der Waals surface area contributed by atoms with Gasteiger partial charge in [0.2, 0.25) is 0 Å². The molecule has 0 aromatic carbocycles. The first kappa shape index (κ1) is 13.9. The van der Waals surface area contributed by atoms with Gasteiger partial charge in [0.15, 0.2) is 0 Å². The van der Waals surface area contributed by atoms with Crippen molar-refractivity contribution in [2.75, 3.05) is 13.2 Å². The molecule has 0 aliphatic heterocycles. The highest BCUT2D eigenvalue weighted by Gasteiger charge is 2.17. The summed E-state index contributed by atoms with van der Waals surface area (Å²) in [7, 11) is 0. The van der Waals surface area contributed by atoms with E-state index in [0.717, 1.165) is 26.1 Å². The molecule has 0 rings (SSSR count). The highest BCUT2D eigenvalue weighted by atomic mass is 16.5. The molecule has 0 unspecified atom stereocenters. The van der Waals surface area contributed by atoms with Crippen LogP contribution in [0.2, 0.25) is 0 Å². The summed E-state index contributed by atoms with van der Waals surface area (Å²) < 4.78 is 11.3. The average Bonchev–Trinajstić information content (AvgIpc) is 2.03. The van der Waals surface area contributed by atoms with Crippen LogP contribution in [-0.4, -0.2) is 24.9 Å². The van der Waals surface area contributed by atoms with Crippen LogP contribution in [0.5, 0.6) is 0 Å². The van der Waals surface area contributed by atoms with E-state index in [-0.39, 0.29) is 5.60 Å². The Labute approximate surface area is 89.0 Å². The third-order valence-corrected chi connectivity index (χ3v) is 2.15. The lowest BCUT2D eigenvalue weighted by atomic mass is 10.1. The average molecular weight is 202 g/mol. The molecule has 0 heterocycles. The Hall–Kier alpha value is -0.0800. The van der Waals surface area contributed by atoms with Gasteiger partial charge in [-0.3, -0.25) is 0 Å². The maximum atomic E-state index is 5.77. The van der Waals surface area contributed by atoms with Crippen LogP contribution in [0.1, 0.15) is 53.9 Å². The molecule has 0 saturated heterocycles. The van der Waals surface area contributed by atoms with Crippen molar-refractivity contribution in [3.63, 3.8) is 0 Å². The molecule has 0 saturated carbocycles. The predicted octanol–water partition coefficient (Wildman–Crippen LogP) is 3.40. The molecule has 0 N–H and O–H groups in total. The fourth-order valence-electron chi connectivity index (χ4n) is 1.11. The van der Waals surface area contributed by atoms with Crippen molar-refractivity contribution in [1.82, 2.24) is 0 Å². The lowest BCUT2D eigenvalue weighted by Gasteiger charge is -2.25. The molecule has 14 heavy (non-hydrogen) atoms. The van der Waals surface area contributed by atoms with E-state index >= 15 is 0 Å². The van der Waals surface area contributed by atoms with Crippen molar-refractivity contribution < 1.29 is 9.47 Å². The van der Waals surface area contributed by atoms with E-state index < -0.39 is 0 Å². The van der Waals surface area contributed by atoms with E-state index in [1.165, 1.54) is 6.42 Å². The fourth-order valence-corrected chi connectivity index (χ4v) is 1.11. The van der Waals surface area contributed by atoms with Crippen LogP contribution in [0, 0.1) is 0 Å². The molecule has 0 aliphatic rings. The summed E-state index contributed by atoms with van der Waals surface area (Å²) in [6.45, 7) is 12.2. The molecule has 0 spiro atoms. The lowest BCUT2D eigenvalue weighted by Crippen LogP contribution is -2.27. The normalized spacial score (nSPS) is 12.4. The summed E-state index contributed by atoms with van der Waals surface area (Å²) in [6.07, 6.45) is 3.63. The molecule has 0 amide bonds. The maximum Gasteiger partial charge on any atom is 0.0648 e. The zero-order valence-electron chi connectivity index (χ0n) is 10.4. The Morgan fingerprint density at radius 1 is 1.14 bits per heavy atom. The largest absolute Gasteiger partial charge is 0.379 e. The van der Waals surface area contributed by atoms with Crippen molar-refractivity contribution in [3.8, 4) is 0 Å². The first-order chi connectivity index (χ1) is 6.48. The minimum atomic E-state index is -0.0376. The summed E-state index contributed by atoms with van der Waals surface area (Å²) in [6, 6.07) is 0. The topological polar surface area (TPSA) is 18.5 Å². The molecule has 0 radical (unpaired) electrons. The Morgan fingerprint density at radius 2 is 1.79 bits per heavy atom. The van der Waals surface area contributed by atoms with E-state index in [1.807, 2.05) is 0 Å². The van der Waals surface area contributed by atoms with Crippen LogP contribution in [0.4, 0.5) is 0 Å². The third-order valence-electron chi connectivity index (χ3n) is 2.15. The highest BCUT2D eigenvalue weighted by Crippen LogP contribution is 2.15. The molecule has 0 atom stereocenters. The van der Waals surface area contributed by atoms with Crippen LogP contribution in [0.25, 0.3) is 0 Å². The summed E-state index contributed by atoms with van der Waals surface area (Å²) in [5, 5.41) is 0. The van der Waals surface area contributed by atoms with E-state index in [0.29, 0.717) is 6.10 Å². The van der Waals surface area contributed by atoms with Gasteiger partial charge in [-0.1, -0.05) is 13.3 Å². The molecular formula is C12H26O2. The Balaban J connectivity index is 3.50. The van der Waals surface area contributed by atoms with Gasteiger partial charge in [-0.2, -0.15) is 0 Å². The number of ether oxygens (including phenoxy) is 2. The molecule has 86 valence electrons. The fraction of sp³-hybridized carbons (Fsp3) is 1.00. The molecule has 0 bridgehead atoms. The molecule has 2 heteroatoms. The number of unbranched alkanes of at least 4 members (excludes halogenated alkanes) is 1. The standard InChI is InChI=1S/C12H26O2/c1-6-7-9-14-12(4,5)8-10-13-11(2)3/h11H,6-10H2,1-5H3. The van der Waals surface area contributed by atoms with Crippen LogP contribution in [0.15, 0.2) is 0 Å². The Morgan fingerprint density at radius 3 is 2.29 bits per heavy atom. The van der Waals surface area contributed by atoms with Gasteiger partial charge in [-0.05, 0) is 40.5 Å². The summed E-state index contributed by atoms with van der Waals surface area (Å²) in [5.41, 5.74) is -0.0376. The first-order valence-corrected chi connectivity index (χ1v) is 5.73. The van der Waals surface area contributed by atoms with E-state index in [9.17, 15) is 0 Å². The summed E-state index contributed by atoms with van der Waals surface area (Å²) in [4.78, 5) is 0. The van der Waals surface area contributed by atoms with Crippen molar-refractivity contribution in [3.05, 3.63) is 0 Å². The van der Waals surface area contributed by atoms with Crippen LogP contribution in [-0.2, 0) is 9.47 Å². The smallest absolute Gasteiger partial charge is 0.0648 e. The van der Waals surface area contributed by atoms with Crippen molar-refractivity contribution in [2.24, 2.45) is 0 Å². The third kappa shape index (κ3) is 8.52. The van der Waals surface area contributed by atoms with Crippen LogP contribution in [0.3, 0.4) is 0 Å². The van der Waals surface area contributed by atoms with Gasteiger partial charge < -0.3 is 9.47 Å². The number of hydrogen-bond donors (Lipinski definition) is 0. The van der Waals surface area contributed by atoms with Gasteiger partial charge in [0, 0.05) is 13.2 Å². The van der Waals surface area contributed by atoms with Gasteiger partial charge in [0.05, 0.1) is 11.7 Å². The zero-order valence-corrected chi connectivity index (χ0v) is 10.4. The monoisotopic (exact) mass is 202 g/mol. The lowest BCUT2D eigenvalue weighted by molar-refractivity contribution is -0.0479. The minimum Gasteiger partial charge on any atom is -0.379 e. The second-order valence-electron chi connectivity index (χ2n) is 4.63. The van der Waals surface area contributed by atoms with Crippen molar-refractivity contribution in [2.45, 2.75) is 65.6 Å². The van der Waals surface area contributed by atoms with Gasteiger partial charge in [0.1, 0.15) is 0 Å². The molecule has 0 aliphatic carbocycles. The zero-order chi connectivity index (χ0) is 11.0. The molecule has 0 aromatic rings. The summed E-state index contributed by atoms with van der Waals surface area (Å²) in [5.74, 6) is 0. The molecular weight excluding hydrogens is 176 g/mol. The second kappa shape index (κ2) is 7.24. The van der Waals surface area contributed by atoms with Crippen LogP contribution >= 0.6 is 0 Å². The quantitative estimate of drug-likeness (QED) is 0.562. The Kier molecular flexibility index (Phi) is 7.20. The van der Waals surface area contributed by atoms with Crippen molar-refractivity contribution in [1.29, 1.82) is 0 Å². The van der Waals surface area contributed by atoms with E-state index in [4.69, 9.17) is 9.47 Å². The SMILES string of the molecule is CCCCOC(C)(C)CCOC(C)C. The van der Waals surface area contributed by atoms with Crippen LogP contribution < -0.4 is 0 Å². The number of hydrogen-bond acceptors (Lipinski definition) is 2. The first-order valence-electron chi connectivity index (χ1n) is 5.73. The molecule has 0 fully saturated rings. The molecule has 2 nitrogen and oxygen atoms in total. The molecule has 0 aromatic heterocycles. The van der Waals surface area contributed by atoms with Gasteiger partial charge in [-0.15, -0.1) is 0 Å². The highest BCUT2D eigenvalue weighted by molar-refractivity contribution is 4.68. The van der Waals surface area contributed by atoms with E-state index in [1.54, 1.807) is 0 Å². The van der Waals surface area contributed by atoms with E-state index in [2.05, 4.69) is 34.6 Å². The Bertz CT molecular complexity index is 130. The number of rotatable bonds is 8. The van der Waals surface area contributed by atoms with Gasteiger partial charge in [0.25, 0.3) is 0 Å². The van der Waals surface area contributed by atoms with Crippen molar-refractivity contribution >= 4 is 0 Å².